The molecule has 0 radical (unpaired) electrons. The number of carbonyl (C=O) groups excluding carboxylic acids is 1. The Balaban J connectivity index is 3.44. The molecule has 0 heterocycles. The van der Waals surface area contributed by atoms with Crippen LogP contribution in [0.4, 0.5) is 0 Å². The number of guanidine groups is 1. The molecule has 0 saturated carbocycles. The van der Waals surface area contributed by atoms with Crippen molar-refractivity contribution in [1.29, 1.82) is 0 Å². The molecule has 0 saturated heterocycles. The average Bonchev–Trinajstić information content (AvgIpc) is 2.30. The van der Waals surface area contributed by atoms with E-state index in [4.69, 9.17) is 4.74 Å². The van der Waals surface area contributed by atoms with E-state index >= 15 is 0 Å². The molecule has 0 aliphatic carbocycles. The molecule has 0 bridgehead atoms. The van der Waals surface area contributed by atoms with Crippen molar-refractivity contribution in [2.24, 2.45) is 4.99 Å². The normalized spacial score (nSPS) is 12.2. The van der Waals surface area contributed by atoms with Crippen LogP contribution in [0.1, 0.15) is 52.9 Å². The number of rotatable bonds is 7. The highest BCUT2D eigenvalue weighted by Crippen LogP contribution is 2.10. The zero-order chi connectivity index (χ0) is 14.7. The van der Waals surface area contributed by atoms with E-state index in [1.54, 1.807) is 7.05 Å². The van der Waals surface area contributed by atoms with Crippen LogP contribution < -0.4 is 10.6 Å². The zero-order valence-electron chi connectivity index (χ0n) is 13.0. The van der Waals surface area contributed by atoms with E-state index in [9.17, 15) is 4.79 Å². The summed E-state index contributed by atoms with van der Waals surface area (Å²) < 4.78 is 5.25. The molecular weight excluding hydrogens is 242 g/mol. The van der Waals surface area contributed by atoms with E-state index in [0.29, 0.717) is 6.42 Å². The Bertz CT molecular complexity index is 283. The maximum atomic E-state index is 11.5. The molecule has 0 aromatic carbocycles. The second-order valence-electron chi connectivity index (χ2n) is 5.50. The molecule has 112 valence electrons. The predicted octanol–water partition coefficient (Wildman–Crippen LogP) is 2.07. The Kier molecular flexibility index (Phi) is 9.00. The van der Waals surface area contributed by atoms with Crippen molar-refractivity contribution in [3.05, 3.63) is 0 Å². The fourth-order valence-electron chi connectivity index (χ4n) is 1.63. The third kappa shape index (κ3) is 11.6. The quantitative estimate of drug-likeness (QED) is 0.322. The molecule has 2 N–H and O–H groups in total. The number of hydrogen-bond donors (Lipinski definition) is 2. The number of hydrogen-bond acceptors (Lipinski definition) is 3. The molecule has 0 amide bonds. The maximum absolute atomic E-state index is 11.5. The van der Waals surface area contributed by atoms with Crippen molar-refractivity contribution in [3.63, 3.8) is 0 Å². The Morgan fingerprint density at radius 1 is 1.16 bits per heavy atom. The summed E-state index contributed by atoms with van der Waals surface area (Å²) in [5.74, 6) is 0.718. The summed E-state index contributed by atoms with van der Waals surface area (Å²) in [6.07, 6.45) is 4.66. The van der Waals surface area contributed by atoms with Crippen LogP contribution in [0.2, 0.25) is 0 Å². The van der Waals surface area contributed by atoms with E-state index < -0.39 is 0 Å². The molecule has 0 aromatic rings. The lowest BCUT2D eigenvalue weighted by atomic mass is 10.1. The highest BCUT2D eigenvalue weighted by Gasteiger charge is 2.15. The first-order chi connectivity index (χ1) is 8.89. The van der Waals surface area contributed by atoms with Crippen molar-refractivity contribution >= 4 is 11.9 Å². The molecule has 0 rings (SSSR count). The Hall–Kier alpha value is -1.26. The number of unbranched alkanes of at least 4 members (excludes halogenated alkanes) is 3. The standard InChI is InChI=1S/C14H29N3O2/c1-14(2,3)19-12(18)10-8-6-7-9-11-17-13(15-4)16-5/h6-11H2,1-5H3,(H2,15,16,17). The summed E-state index contributed by atoms with van der Waals surface area (Å²) in [6, 6.07) is 0. The number of esters is 1. The molecule has 19 heavy (non-hydrogen) atoms. The first-order valence-corrected chi connectivity index (χ1v) is 6.99. The van der Waals surface area contributed by atoms with Gasteiger partial charge in [-0.3, -0.25) is 9.79 Å². The fraction of sp³-hybridized carbons (Fsp3) is 0.857. The predicted molar refractivity (Wildman–Crippen MR) is 79.4 cm³/mol. The SMILES string of the molecule is CN=C(NC)NCCCCCCC(=O)OC(C)(C)C. The van der Waals surface area contributed by atoms with Crippen LogP contribution in [0.15, 0.2) is 4.99 Å². The topological polar surface area (TPSA) is 62.7 Å². The number of aliphatic imine (C=N–C) groups is 1. The third-order valence-corrected chi connectivity index (χ3v) is 2.48. The lowest BCUT2D eigenvalue weighted by Gasteiger charge is -2.19. The van der Waals surface area contributed by atoms with Crippen molar-refractivity contribution in [2.75, 3.05) is 20.6 Å². The van der Waals surface area contributed by atoms with Gasteiger partial charge in [-0.15, -0.1) is 0 Å². The first kappa shape index (κ1) is 17.7. The molecule has 0 fully saturated rings. The molecule has 0 aliphatic rings. The highest BCUT2D eigenvalue weighted by atomic mass is 16.6. The van der Waals surface area contributed by atoms with E-state index in [1.807, 2.05) is 27.8 Å². The van der Waals surface area contributed by atoms with Crippen LogP contribution in [0.5, 0.6) is 0 Å². The van der Waals surface area contributed by atoms with Gasteiger partial charge >= 0.3 is 5.97 Å². The maximum Gasteiger partial charge on any atom is 0.306 e. The van der Waals surface area contributed by atoms with Gasteiger partial charge in [0.25, 0.3) is 0 Å². The fourth-order valence-corrected chi connectivity index (χ4v) is 1.63. The minimum Gasteiger partial charge on any atom is -0.460 e. The summed E-state index contributed by atoms with van der Waals surface area (Å²) in [7, 11) is 3.59. The van der Waals surface area contributed by atoms with Gasteiger partial charge in [0.1, 0.15) is 5.60 Å². The van der Waals surface area contributed by atoms with Crippen LogP contribution >= 0.6 is 0 Å². The van der Waals surface area contributed by atoms with Crippen molar-refractivity contribution in [1.82, 2.24) is 10.6 Å². The molecule has 0 atom stereocenters. The summed E-state index contributed by atoms with van der Waals surface area (Å²) in [4.78, 5) is 15.5. The molecule has 0 aromatic heterocycles. The van der Waals surface area contributed by atoms with Gasteiger partial charge in [0.2, 0.25) is 0 Å². The summed E-state index contributed by atoms with van der Waals surface area (Å²) in [6.45, 7) is 6.58. The van der Waals surface area contributed by atoms with Crippen LogP contribution in [-0.2, 0) is 9.53 Å². The van der Waals surface area contributed by atoms with Gasteiger partial charge in [-0.05, 0) is 33.6 Å². The highest BCUT2D eigenvalue weighted by molar-refractivity contribution is 5.79. The molecule has 0 unspecified atom stereocenters. The lowest BCUT2D eigenvalue weighted by Crippen LogP contribution is -2.35. The van der Waals surface area contributed by atoms with E-state index in [-0.39, 0.29) is 11.6 Å². The van der Waals surface area contributed by atoms with Gasteiger partial charge in [0.15, 0.2) is 5.96 Å². The molecule has 0 spiro atoms. The van der Waals surface area contributed by atoms with Gasteiger partial charge in [-0.1, -0.05) is 12.8 Å². The lowest BCUT2D eigenvalue weighted by molar-refractivity contribution is -0.154. The van der Waals surface area contributed by atoms with Gasteiger partial charge in [-0.25, -0.2) is 0 Å². The number of nitrogens with one attached hydrogen (secondary N) is 2. The smallest absolute Gasteiger partial charge is 0.306 e. The summed E-state index contributed by atoms with van der Waals surface area (Å²) >= 11 is 0. The zero-order valence-corrected chi connectivity index (χ0v) is 13.0. The van der Waals surface area contributed by atoms with Gasteiger partial charge in [0.05, 0.1) is 0 Å². The van der Waals surface area contributed by atoms with Gasteiger partial charge < -0.3 is 15.4 Å². The molecule has 5 heteroatoms. The number of carbonyl (C=O) groups is 1. The third-order valence-electron chi connectivity index (χ3n) is 2.48. The number of ether oxygens (including phenoxy) is 1. The van der Waals surface area contributed by atoms with Crippen molar-refractivity contribution < 1.29 is 9.53 Å². The van der Waals surface area contributed by atoms with E-state index in [1.165, 1.54) is 0 Å². The van der Waals surface area contributed by atoms with E-state index in [2.05, 4.69) is 15.6 Å². The van der Waals surface area contributed by atoms with Crippen LogP contribution in [0.3, 0.4) is 0 Å². The van der Waals surface area contributed by atoms with Crippen LogP contribution in [-0.4, -0.2) is 38.2 Å². The second kappa shape index (κ2) is 9.64. The molecule has 5 nitrogen and oxygen atoms in total. The Morgan fingerprint density at radius 2 is 1.79 bits per heavy atom. The van der Waals surface area contributed by atoms with Crippen LogP contribution in [0, 0.1) is 0 Å². The van der Waals surface area contributed by atoms with Gasteiger partial charge in [-0.2, -0.15) is 0 Å². The monoisotopic (exact) mass is 271 g/mol. The van der Waals surface area contributed by atoms with Crippen molar-refractivity contribution in [2.45, 2.75) is 58.5 Å². The molecular formula is C14H29N3O2. The summed E-state index contributed by atoms with van der Waals surface area (Å²) in [5, 5.41) is 6.17. The first-order valence-electron chi connectivity index (χ1n) is 6.99. The van der Waals surface area contributed by atoms with Crippen molar-refractivity contribution in [3.8, 4) is 0 Å². The number of nitrogens with zero attached hydrogens (tertiary/aromatic N) is 1. The minimum atomic E-state index is -0.371. The Labute approximate surface area is 117 Å². The van der Waals surface area contributed by atoms with Gasteiger partial charge in [0, 0.05) is 27.1 Å². The van der Waals surface area contributed by atoms with E-state index in [0.717, 1.165) is 38.2 Å². The average molecular weight is 271 g/mol. The second-order valence-corrected chi connectivity index (χ2v) is 5.50. The Morgan fingerprint density at radius 3 is 2.32 bits per heavy atom. The summed E-state index contributed by atoms with van der Waals surface area (Å²) in [5.41, 5.74) is -0.371. The molecule has 0 aliphatic heterocycles. The van der Waals surface area contributed by atoms with Crippen LogP contribution in [0.25, 0.3) is 0 Å². The minimum absolute atomic E-state index is 0.0961. The largest absolute Gasteiger partial charge is 0.460 e.